The number of imidazole rings is 1. The Kier molecular flexibility index (Phi) is 11.2. The van der Waals surface area contributed by atoms with E-state index in [-0.39, 0.29) is 12.7 Å². The lowest BCUT2D eigenvalue weighted by molar-refractivity contribution is -0.118. The van der Waals surface area contributed by atoms with E-state index in [0.29, 0.717) is 30.9 Å². The van der Waals surface area contributed by atoms with Crippen LogP contribution >= 0.6 is 0 Å². The first kappa shape index (κ1) is 36.1. The number of hydrogen-bond acceptors (Lipinski definition) is 7. The summed E-state index contributed by atoms with van der Waals surface area (Å²) < 4.78 is 17.1. The number of hydrogen-bond donors (Lipinski definition) is 3. The van der Waals surface area contributed by atoms with Gasteiger partial charge in [0.25, 0.3) is 0 Å². The summed E-state index contributed by atoms with van der Waals surface area (Å²) in [6.07, 6.45) is -0.329. The summed E-state index contributed by atoms with van der Waals surface area (Å²) in [6, 6.07) is 33.0. The average molecular weight is 704 g/mol. The molecular formula is C41H45N5O6. The zero-order chi connectivity index (χ0) is 36.7. The Morgan fingerprint density at radius 1 is 0.904 bits per heavy atom. The van der Waals surface area contributed by atoms with E-state index in [0.717, 1.165) is 27.7 Å². The van der Waals surface area contributed by atoms with Gasteiger partial charge in [-0.25, -0.2) is 14.6 Å². The molecule has 270 valence electrons. The number of aromatic amines is 1. The molecule has 0 spiro atoms. The number of fused-ring (bicyclic) bond motifs is 1. The molecule has 3 atom stereocenters. The summed E-state index contributed by atoms with van der Waals surface area (Å²) in [4.78, 5) is 50.2. The van der Waals surface area contributed by atoms with Gasteiger partial charge in [-0.15, -0.1) is 0 Å². The fraction of sp³-hybridized carbons (Fsp3) is 0.317. The van der Waals surface area contributed by atoms with E-state index in [1.54, 1.807) is 4.90 Å². The van der Waals surface area contributed by atoms with Crippen LogP contribution in [-0.2, 0) is 25.4 Å². The van der Waals surface area contributed by atoms with Crippen LogP contribution in [0.2, 0.25) is 0 Å². The minimum Gasteiger partial charge on any atom is -0.453 e. The van der Waals surface area contributed by atoms with E-state index in [1.165, 1.54) is 7.11 Å². The molecule has 4 aromatic carbocycles. The van der Waals surface area contributed by atoms with Crippen LogP contribution < -0.4 is 10.6 Å². The number of para-hydroxylation sites is 3. The predicted molar refractivity (Wildman–Crippen MR) is 199 cm³/mol. The van der Waals surface area contributed by atoms with E-state index in [2.05, 4.69) is 15.6 Å². The molecule has 52 heavy (non-hydrogen) atoms. The number of rotatable bonds is 10. The van der Waals surface area contributed by atoms with Crippen molar-refractivity contribution in [2.24, 2.45) is 0 Å². The third kappa shape index (κ3) is 8.78. The lowest BCUT2D eigenvalue weighted by atomic mass is 9.84. The smallest absolute Gasteiger partial charge is 0.411 e. The Morgan fingerprint density at radius 3 is 2.19 bits per heavy atom. The second-order valence-corrected chi connectivity index (χ2v) is 13.8. The number of ether oxygens (including phenoxy) is 3. The Balaban J connectivity index is 1.20. The van der Waals surface area contributed by atoms with Crippen molar-refractivity contribution in [3.63, 3.8) is 0 Å². The maximum atomic E-state index is 14.2. The van der Waals surface area contributed by atoms with Crippen molar-refractivity contribution in [1.29, 1.82) is 0 Å². The molecule has 1 aromatic heterocycles. The number of aromatic nitrogens is 2. The van der Waals surface area contributed by atoms with Crippen molar-refractivity contribution in [2.75, 3.05) is 25.6 Å². The monoisotopic (exact) mass is 703 g/mol. The quantitative estimate of drug-likeness (QED) is 0.138. The van der Waals surface area contributed by atoms with Gasteiger partial charge in [-0.3, -0.25) is 9.69 Å². The molecule has 0 aliphatic carbocycles. The third-order valence-corrected chi connectivity index (χ3v) is 9.02. The van der Waals surface area contributed by atoms with Gasteiger partial charge in [0, 0.05) is 11.6 Å². The fourth-order valence-corrected chi connectivity index (χ4v) is 6.54. The molecule has 0 bridgehead atoms. The molecule has 5 aromatic rings. The molecule has 0 saturated carbocycles. The second-order valence-electron chi connectivity index (χ2n) is 13.8. The highest BCUT2D eigenvalue weighted by Crippen LogP contribution is 2.32. The third-order valence-electron chi connectivity index (χ3n) is 9.02. The highest BCUT2D eigenvalue weighted by atomic mass is 16.6. The van der Waals surface area contributed by atoms with Crippen molar-refractivity contribution >= 4 is 34.8 Å². The van der Waals surface area contributed by atoms with E-state index in [4.69, 9.17) is 19.2 Å². The number of morpholine rings is 1. The molecule has 0 radical (unpaired) electrons. The van der Waals surface area contributed by atoms with Crippen LogP contribution in [0.25, 0.3) is 11.0 Å². The number of nitrogens with one attached hydrogen (secondary N) is 3. The number of aryl methyl sites for hydroxylation is 1. The van der Waals surface area contributed by atoms with Gasteiger partial charge in [0.1, 0.15) is 23.5 Å². The number of carbonyl (C=O) groups is 3. The van der Waals surface area contributed by atoms with Gasteiger partial charge in [-0.05, 0) is 68.5 Å². The van der Waals surface area contributed by atoms with Gasteiger partial charge < -0.3 is 29.8 Å². The van der Waals surface area contributed by atoms with E-state index in [1.807, 2.05) is 130 Å². The Hall–Kier alpha value is -5.68. The van der Waals surface area contributed by atoms with Crippen LogP contribution in [0.3, 0.4) is 0 Å². The number of carbonyl (C=O) groups excluding carboxylic acids is 3. The number of methoxy groups -OCH3 is 1. The highest BCUT2D eigenvalue weighted by molar-refractivity contribution is 5.98. The summed E-state index contributed by atoms with van der Waals surface area (Å²) in [5.74, 6) is -0.255. The lowest BCUT2D eigenvalue weighted by Gasteiger charge is -2.39. The zero-order valence-electron chi connectivity index (χ0n) is 29.9. The maximum absolute atomic E-state index is 14.2. The van der Waals surface area contributed by atoms with Gasteiger partial charge in [-0.1, -0.05) is 91.0 Å². The zero-order valence-corrected chi connectivity index (χ0v) is 29.9. The van der Waals surface area contributed by atoms with Gasteiger partial charge in [0.05, 0.1) is 37.4 Å². The van der Waals surface area contributed by atoms with Crippen molar-refractivity contribution in [2.45, 2.75) is 63.3 Å². The largest absolute Gasteiger partial charge is 0.453 e. The van der Waals surface area contributed by atoms with Crippen molar-refractivity contribution in [3.8, 4) is 0 Å². The first-order valence-electron chi connectivity index (χ1n) is 17.5. The molecule has 6 rings (SSSR count). The van der Waals surface area contributed by atoms with Crippen LogP contribution in [-0.4, -0.2) is 71.0 Å². The Bertz CT molecular complexity index is 1900. The number of nitrogens with zero attached hydrogens (tertiary/aromatic N) is 2. The number of anilines is 1. The van der Waals surface area contributed by atoms with E-state index >= 15 is 0 Å². The summed E-state index contributed by atoms with van der Waals surface area (Å²) in [7, 11) is 1.27. The van der Waals surface area contributed by atoms with Gasteiger partial charge in [0.2, 0.25) is 5.91 Å². The van der Waals surface area contributed by atoms with Crippen LogP contribution in [0.5, 0.6) is 0 Å². The number of H-pyrrole nitrogens is 1. The van der Waals surface area contributed by atoms with Crippen molar-refractivity contribution in [3.05, 3.63) is 132 Å². The summed E-state index contributed by atoms with van der Waals surface area (Å²) in [5, 5.41) is 5.89. The van der Waals surface area contributed by atoms with Crippen molar-refractivity contribution < 1.29 is 28.6 Å². The minimum atomic E-state index is -0.996. The fourth-order valence-electron chi connectivity index (χ4n) is 6.54. The molecule has 2 heterocycles. The average Bonchev–Trinajstić information content (AvgIpc) is 3.58. The molecule has 1 aliphatic rings. The SMILES string of the molecule is COC(=O)N[C@H](C(=O)Nc1ccccc1CC[C@@H]1CN(C(=O)OC(C)(C)C)[C@H](c2nc3ccccc3[nH]2)CO1)C(c1ccccc1)c1ccccc1. The van der Waals surface area contributed by atoms with Crippen molar-refractivity contribution in [1.82, 2.24) is 20.2 Å². The molecule has 3 amide bonds. The second kappa shape index (κ2) is 16.1. The number of alkyl carbamates (subject to hydrolysis) is 1. The van der Waals surface area contributed by atoms with E-state index in [9.17, 15) is 14.4 Å². The van der Waals surface area contributed by atoms with Crippen LogP contribution in [0.4, 0.5) is 15.3 Å². The predicted octanol–water partition coefficient (Wildman–Crippen LogP) is 7.37. The topological polar surface area (TPSA) is 135 Å². The molecule has 1 saturated heterocycles. The number of benzene rings is 4. The minimum absolute atomic E-state index is 0.239. The number of amides is 3. The van der Waals surface area contributed by atoms with Gasteiger partial charge >= 0.3 is 12.2 Å². The molecule has 1 aliphatic heterocycles. The molecule has 11 heteroatoms. The van der Waals surface area contributed by atoms with Gasteiger partial charge in [0.15, 0.2) is 0 Å². The molecule has 11 nitrogen and oxygen atoms in total. The normalized spacial score (nSPS) is 16.7. The molecule has 3 N–H and O–H groups in total. The van der Waals surface area contributed by atoms with Gasteiger partial charge in [-0.2, -0.15) is 0 Å². The standard InChI is InChI=1S/C41H45N5O6/c1-41(2,3)52-40(49)46-25-30(51-26-34(46)37-42-32-21-13-14-22-33(32)43-37)24-23-27-15-11-12-20-31(27)44-38(47)36(45-39(48)50-4)35(28-16-7-5-8-17-28)29-18-9-6-10-19-29/h5-22,30,34-36H,23-26H2,1-4H3,(H,42,43)(H,44,47)(H,45,48)/t30-,34+,36+/m1/s1. The molecule has 0 unspecified atom stereocenters. The Labute approximate surface area is 303 Å². The maximum Gasteiger partial charge on any atom is 0.411 e. The molecule has 1 fully saturated rings. The summed E-state index contributed by atoms with van der Waals surface area (Å²) >= 11 is 0. The first-order chi connectivity index (χ1) is 25.1. The van der Waals surface area contributed by atoms with Crippen LogP contribution in [0, 0.1) is 0 Å². The van der Waals surface area contributed by atoms with Crippen LogP contribution in [0.1, 0.15) is 61.7 Å². The first-order valence-corrected chi connectivity index (χ1v) is 17.5. The summed E-state index contributed by atoms with van der Waals surface area (Å²) in [5.41, 5.74) is 4.24. The highest BCUT2D eigenvalue weighted by Gasteiger charge is 2.38. The molecular weight excluding hydrogens is 658 g/mol. The van der Waals surface area contributed by atoms with Crippen LogP contribution in [0.15, 0.2) is 109 Å². The Morgan fingerprint density at radius 2 is 1.54 bits per heavy atom. The lowest BCUT2D eigenvalue weighted by Crippen LogP contribution is -2.49. The summed E-state index contributed by atoms with van der Waals surface area (Å²) in [6.45, 7) is 6.07. The van der Waals surface area contributed by atoms with E-state index < -0.39 is 41.7 Å².